The Labute approximate surface area is 125 Å². The van der Waals surface area contributed by atoms with Crippen molar-refractivity contribution >= 4 is 11.9 Å². The zero-order chi connectivity index (χ0) is 16.4. The van der Waals surface area contributed by atoms with E-state index in [1.165, 1.54) is 0 Å². The third-order valence-corrected chi connectivity index (χ3v) is 3.51. The highest BCUT2D eigenvalue weighted by atomic mass is 19.1. The third-order valence-electron chi connectivity index (χ3n) is 3.51. The lowest BCUT2D eigenvalue weighted by atomic mass is 9.95. The van der Waals surface area contributed by atoms with Gasteiger partial charge in [-0.3, -0.25) is 9.59 Å². The molecule has 0 amide bonds. The van der Waals surface area contributed by atoms with E-state index in [2.05, 4.69) is 11.9 Å². The summed E-state index contributed by atoms with van der Waals surface area (Å²) in [6.45, 7) is 7.67. The van der Waals surface area contributed by atoms with E-state index < -0.39 is 17.9 Å². The van der Waals surface area contributed by atoms with Gasteiger partial charge in [0.25, 0.3) is 0 Å². The summed E-state index contributed by atoms with van der Waals surface area (Å²) in [7, 11) is 0. The maximum Gasteiger partial charge on any atom is 0.317 e. The van der Waals surface area contributed by atoms with Crippen molar-refractivity contribution in [3.8, 4) is 0 Å². The first kappa shape index (κ1) is 19.6. The summed E-state index contributed by atoms with van der Waals surface area (Å²) in [4.78, 5) is 21.8. The minimum Gasteiger partial charge on any atom is -0.481 e. The van der Waals surface area contributed by atoms with Gasteiger partial charge in [-0.1, -0.05) is 26.8 Å². The topological polar surface area (TPSA) is 86.6 Å². The number of carboxylic acids is 2. The van der Waals surface area contributed by atoms with Crippen LogP contribution in [0.15, 0.2) is 12.4 Å². The van der Waals surface area contributed by atoms with Crippen LogP contribution < -0.4 is 5.32 Å². The highest BCUT2D eigenvalue weighted by molar-refractivity contribution is 5.92. The fraction of sp³-hybridized carbons (Fsp3) is 0.733. The third kappa shape index (κ3) is 8.45. The van der Waals surface area contributed by atoms with Crippen LogP contribution in [-0.2, 0) is 9.59 Å². The minimum absolute atomic E-state index is 0.0244. The van der Waals surface area contributed by atoms with Gasteiger partial charge in [0.15, 0.2) is 5.92 Å². The Morgan fingerprint density at radius 2 is 1.81 bits per heavy atom. The van der Waals surface area contributed by atoms with E-state index in [0.29, 0.717) is 13.0 Å². The van der Waals surface area contributed by atoms with E-state index in [-0.39, 0.29) is 30.6 Å². The zero-order valence-electron chi connectivity index (χ0n) is 12.8. The van der Waals surface area contributed by atoms with Crippen molar-refractivity contribution in [1.82, 2.24) is 5.32 Å². The fourth-order valence-corrected chi connectivity index (χ4v) is 2.32. The summed E-state index contributed by atoms with van der Waals surface area (Å²) in [6.07, 6.45) is 2.68. The van der Waals surface area contributed by atoms with Gasteiger partial charge in [-0.05, 0) is 31.7 Å². The maximum absolute atomic E-state index is 12.9. The summed E-state index contributed by atoms with van der Waals surface area (Å²) in [5.41, 5.74) is 0. The first-order valence-electron chi connectivity index (χ1n) is 7.33. The van der Waals surface area contributed by atoms with Crippen LogP contribution in [0.4, 0.5) is 4.39 Å². The molecule has 0 fully saturated rings. The summed E-state index contributed by atoms with van der Waals surface area (Å²) in [5, 5.41) is 21.0. The lowest BCUT2D eigenvalue weighted by Gasteiger charge is -2.23. The summed E-state index contributed by atoms with van der Waals surface area (Å²) < 4.78 is 12.9. The number of rotatable bonds is 12. The number of nitrogens with one attached hydrogen (secondary N) is 1. The molecule has 5 nitrogen and oxygen atoms in total. The molecule has 2 atom stereocenters. The molecule has 0 aromatic carbocycles. The SMILES string of the molecule is C=C(F)CC(CCC)CNC(CC)CC(C(=O)O)C(=O)O. The molecule has 3 N–H and O–H groups in total. The van der Waals surface area contributed by atoms with Gasteiger partial charge >= 0.3 is 11.9 Å². The van der Waals surface area contributed by atoms with E-state index in [9.17, 15) is 14.0 Å². The molecule has 0 aliphatic carbocycles. The lowest BCUT2D eigenvalue weighted by Crippen LogP contribution is -2.38. The predicted molar refractivity (Wildman–Crippen MR) is 78.7 cm³/mol. The van der Waals surface area contributed by atoms with Gasteiger partial charge in [-0.25, -0.2) is 4.39 Å². The second kappa shape index (κ2) is 10.3. The van der Waals surface area contributed by atoms with Gasteiger partial charge in [0.05, 0.1) is 5.83 Å². The number of aliphatic carboxylic acids is 2. The monoisotopic (exact) mass is 303 g/mol. The molecule has 0 aromatic heterocycles. The molecule has 0 heterocycles. The molecule has 0 saturated heterocycles. The Morgan fingerprint density at radius 1 is 1.24 bits per heavy atom. The van der Waals surface area contributed by atoms with Crippen LogP contribution in [0.5, 0.6) is 0 Å². The molecule has 122 valence electrons. The standard InChI is InChI=1S/C15H26FNO4/c1-4-6-11(7-10(3)16)9-17-12(5-2)8-13(14(18)19)15(20)21/h11-13,17H,3-9H2,1-2H3,(H,18,19)(H,20,21). The number of hydrogen-bond donors (Lipinski definition) is 3. The minimum atomic E-state index is -1.41. The first-order chi connectivity index (χ1) is 9.81. The van der Waals surface area contributed by atoms with Crippen LogP contribution in [0.3, 0.4) is 0 Å². The Kier molecular flexibility index (Phi) is 9.62. The number of allylic oxidation sites excluding steroid dienone is 1. The molecule has 0 aliphatic rings. The highest BCUT2D eigenvalue weighted by Crippen LogP contribution is 2.17. The van der Waals surface area contributed by atoms with Gasteiger partial charge in [-0.2, -0.15) is 0 Å². The Balaban J connectivity index is 4.49. The normalized spacial score (nSPS) is 13.9. The molecule has 0 saturated carbocycles. The molecule has 0 radical (unpaired) electrons. The molecule has 21 heavy (non-hydrogen) atoms. The largest absolute Gasteiger partial charge is 0.481 e. The van der Waals surface area contributed by atoms with Crippen molar-refractivity contribution < 1.29 is 24.2 Å². The van der Waals surface area contributed by atoms with E-state index in [0.717, 1.165) is 12.8 Å². The van der Waals surface area contributed by atoms with Crippen molar-refractivity contribution in [1.29, 1.82) is 0 Å². The molecule has 6 heteroatoms. The van der Waals surface area contributed by atoms with Crippen molar-refractivity contribution in [2.24, 2.45) is 11.8 Å². The molecular weight excluding hydrogens is 277 g/mol. The number of carbonyl (C=O) groups is 2. The average Bonchev–Trinajstić information content (AvgIpc) is 2.37. The van der Waals surface area contributed by atoms with Crippen LogP contribution >= 0.6 is 0 Å². The maximum atomic E-state index is 12.9. The van der Waals surface area contributed by atoms with Gasteiger partial charge in [0, 0.05) is 12.5 Å². The Hall–Kier alpha value is -1.43. The molecule has 0 aromatic rings. The van der Waals surface area contributed by atoms with Crippen molar-refractivity contribution in [2.75, 3.05) is 6.54 Å². The fourth-order valence-electron chi connectivity index (χ4n) is 2.32. The summed E-state index contributed by atoms with van der Waals surface area (Å²) in [5.74, 6) is -4.34. The lowest BCUT2D eigenvalue weighted by molar-refractivity contribution is -0.155. The Bertz CT molecular complexity index is 346. The summed E-state index contributed by atoms with van der Waals surface area (Å²) in [6, 6.07) is -0.213. The zero-order valence-corrected chi connectivity index (χ0v) is 12.8. The van der Waals surface area contributed by atoms with Gasteiger partial charge < -0.3 is 15.5 Å². The smallest absolute Gasteiger partial charge is 0.317 e. The quantitative estimate of drug-likeness (QED) is 0.483. The molecule has 0 rings (SSSR count). The molecule has 2 unspecified atom stereocenters. The molecule has 0 bridgehead atoms. The number of halogens is 1. The van der Waals surface area contributed by atoms with E-state index in [1.54, 1.807) is 0 Å². The second-order valence-electron chi connectivity index (χ2n) is 5.35. The van der Waals surface area contributed by atoms with E-state index in [4.69, 9.17) is 10.2 Å². The first-order valence-corrected chi connectivity index (χ1v) is 7.33. The summed E-state index contributed by atoms with van der Waals surface area (Å²) >= 11 is 0. The van der Waals surface area contributed by atoms with Crippen molar-refractivity contribution in [2.45, 2.75) is 52.0 Å². The van der Waals surface area contributed by atoms with Crippen LogP contribution in [0.2, 0.25) is 0 Å². The number of carboxylic acid groups (broad SMARTS) is 2. The van der Waals surface area contributed by atoms with Crippen molar-refractivity contribution in [3.63, 3.8) is 0 Å². The van der Waals surface area contributed by atoms with Crippen molar-refractivity contribution in [3.05, 3.63) is 12.4 Å². The van der Waals surface area contributed by atoms with E-state index >= 15 is 0 Å². The van der Waals surface area contributed by atoms with Gasteiger partial charge in [-0.15, -0.1) is 0 Å². The molecule has 0 spiro atoms. The van der Waals surface area contributed by atoms with Crippen LogP contribution in [-0.4, -0.2) is 34.7 Å². The van der Waals surface area contributed by atoms with Gasteiger partial charge in [0.2, 0.25) is 0 Å². The van der Waals surface area contributed by atoms with Crippen LogP contribution in [0, 0.1) is 11.8 Å². The predicted octanol–water partition coefficient (Wildman–Crippen LogP) is 2.82. The van der Waals surface area contributed by atoms with Crippen LogP contribution in [0.1, 0.15) is 46.0 Å². The highest BCUT2D eigenvalue weighted by Gasteiger charge is 2.28. The second-order valence-corrected chi connectivity index (χ2v) is 5.35. The average molecular weight is 303 g/mol. The Morgan fingerprint density at radius 3 is 2.19 bits per heavy atom. The van der Waals surface area contributed by atoms with Gasteiger partial charge in [0.1, 0.15) is 0 Å². The molecular formula is C15H26FNO4. The van der Waals surface area contributed by atoms with E-state index in [1.807, 2.05) is 13.8 Å². The number of hydrogen-bond acceptors (Lipinski definition) is 3. The van der Waals surface area contributed by atoms with Crippen LogP contribution in [0.25, 0.3) is 0 Å². The molecule has 0 aliphatic heterocycles.